The molecule has 1 N–H and O–H groups in total. The number of aromatic nitrogens is 3. The predicted octanol–water partition coefficient (Wildman–Crippen LogP) is 3.74. The Bertz CT molecular complexity index is 1100. The Labute approximate surface area is 178 Å². The minimum absolute atomic E-state index is 0.127. The maximum Gasteiger partial charge on any atom is 0.417 e. The predicted molar refractivity (Wildman–Crippen MR) is 103 cm³/mol. The molecule has 162 valence electrons. The Hall–Kier alpha value is -3.60. The van der Waals surface area contributed by atoms with Gasteiger partial charge in [0, 0.05) is 6.20 Å². The molecule has 8 nitrogen and oxygen atoms in total. The van der Waals surface area contributed by atoms with E-state index in [0.717, 1.165) is 0 Å². The van der Waals surface area contributed by atoms with Crippen molar-refractivity contribution in [3.8, 4) is 11.4 Å². The van der Waals surface area contributed by atoms with Crippen molar-refractivity contribution in [3.05, 3.63) is 65.1 Å². The largest absolute Gasteiger partial charge is 0.493 e. The molecule has 0 atom stereocenters. The summed E-state index contributed by atoms with van der Waals surface area (Å²) in [6.07, 6.45) is -2.64. The molecule has 12 heteroatoms. The zero-order valence-corrected chi connectivity index (χ0v) is 16.6. The van der Waals surface area contributed by atoms with Crippen LogP contribution in [0.15, 0.2) is 48.8 Å². The fourth-order valence-electron chi connectivity index (χ4n) is 2.41. The maximum absolute atomic E-state index is 12.6. The van der Waals surface area contributed by atoms with Gasteiger partial charge >= 0.3 is 12.1 Å². The van der Waals surface area contributed by atoms with E-state index in [1.165, 1.54) is 18.0 Å². The minimum atomic E-state index is -4.63. The second-order valence-corrected chi connectivity index (χ2v) is 6.41. The van der Waals surface area contributed by atoms with Crippen LogP contribution in [0.25, 0.3) is 5.69 Å². The number of hydrogen-bond donors (Lipinski definition) is 1. The van der Waals surface area contributed by atoms with Gasteiger partial charge in [0.15, 0.2) is 18.2 Å². The van der Waals surface area contributed by atoms with Crippen LogP contribution in [0.4, 0.5) is 19.0 Å². The number of esters is 1. The van der Waals surface area contributed by atoms with Crippen molar-refractivity contribution in [2.45, 2.75) is 6.18 Å². The van der Waals surface area contributed by atoms with Crippen LogP contribution in [0.1, 0.15) is 16.1 Å². The van der Waals surface area contributed by atoms with Crippen molar-refractivity contribution in [3.63, 3.8) is 0 Å². The molecular weight excluding hydrogens is 441 g/mol. The molecule has 31 heavy (non-hydrogen) atoms. The van der Waals surface area contributed by atoms with Gasteiger partial charge in [0.2, 0.25) is 5.69 Å². The lowest BCUT2D eigenvalue weighted by Gasteiger charge is -2.10. The number of anilines is 1. The van der Waals surface area contributed by atoms with Crippen LogP contribution in [0.2, 0.25) is 5.02 Å². The monoisotopic (exact) mass is 454 g/mol. The second kappa shape index (κ2) is 9.04. The Balaban J connectivity index is 1.65. The fourth-order valence-corrected chi connectivity index (χ4v) is 2.63. The van der Waals surface area contributed by atoms with Crippen LogP contribution in [-0.4, -0.2) is 40.4 Å². The smallest absolute Gasteiger partial charge is 0.417 e. The summed E-state index contributed by atoms with van der Waals surface area (Å²) in [5.41, 5.74) is -0.562. The number of halogens is 4. The zero-order valence-electron chi connectivity index (χ0n) is 15.8. The molecular formula is C19H14ClF3N4O4. The molecule has 0 aliphatic heterocycles. The molecule has 1 amide bonds. The van der Waals surface area contributed by atoms with Crippen LogP contribution in [0, 0.1) is 0 Å². The van der Waals surface area contributed by atoms with Crippen molar-refractivity contribution < 1.29 is 32.2 Å². The van der Waals surface area contributed by atoms with Gasteiger partial charge in [-0.25, -0.2) is 14.5 Å². The highest BCUT2D eigenvalue weighted by Crippen LogP contribution is 2.32. The first-order chi connectivity index (χ1) is 14.7. The highest BCUT2D eigenvalue weighted by Gasteiger charge is 2.31. The lowest BCUT2D eigenvalue weighted by atomic mass is 10.3. The number of carbonyl (C=O) groups is 2. The first-order valence-electron chi connectivity index (χ1n) is 8.58. The Morgan fingerprint density at radius 2 is 1.94 bits per heavy atom. The molecule has 0 aliphatic carbocycles. The molecule has 0 fully saturated rings. The summed E-state index contributed by atoms with van der Waals surface area (Å²) < 4.78 is 49.4. The number of amides is 1. The average molecular weight is 455 g/mol. The molecule has 2 heterocycles. The SMILES string of the molecule is COc1cn(-c2ccccc2)nc1C(=O)OCC(=O)Nc1ncc(C(F)(F)F)cc1Cl. The number of nitrogens with zero attached hydrogens (tertiary/aromatic N) is 3. The maximum atomic E-state index is 12.6. The number of rotatable bonds is 6. The molecule has 0 aliphatic rings. The van der Waals surface area contributed by atoms with Gasteiger partial charge in [0.1, 0.15) is 0 Å². The number of nitrogens with one attached hydrogen (secondary N) is 1. The van der Waals surface area contributed by atoms with E-state index in [9.17, 15) is 22.8 Å². The van der Waals surface area contributed by atoms with Gasteiger partial charge in [-0.2, -0.15) is 18.3 Å². The lowest BCUT2D eigenvalue weighted by molar-refractivity contribution is -0.137. The zero-order chi connectivity index (χ0) is 22.6. The Morgan fingerprint density at radius 1 is 1.23 bits per heavy atom. The summed E-state index contributed by atoms with van der Waals surface area (Å²) in [6.45, 7) is -0.751. The number of pyridine rings is 1. The molecule has 3 aromatic rings. The third kappa shape index (κ3) is 5.31. The Morgan fingerprint density at radius 3 is 2.55 bits per heavy atom. The van der Waals surface area contributed by atoms with E-state index in [1.807, 2.05) is 6.07 Å². The Kier molecular flexibility index (Phi) is 6.44. The van der Waals surface area contributed by atoms with Crippen LogP contribution < -0.4 is 10.1 Å². The van der Waals surface area contributed by atoms with Gasteiger partial charge < -0.3 is 14.8 Å². The molecule has 0 saturated carbocycles. The molecule has 0 unspecified atom stereocenters. The van der Waals surface area contributed by atoms with Crippen LogP contribution >= 0.6 is 11.6 Å². The van der Waals surface area contributed by atoms with Crippen molar-refractivity contribution in [2.24, 2.45) is 0 Å². The first-order valence-corrected chi connectivity index (χ1v) is 8.95. The van der Waals surface area contributed by atoms with E-state index in [0.29, 0.717) is 18.0 Å². The van der Waals surface area contributed by atoms with Crippen molar-refractivity contribution >= 4 is 29.3 Å². The van der Waals surface area contributed by atoms with Gasteiger partial charge in [-0.05, 0) is 18.2 Å². The van der Waals surface area contributed by atoms with Gasteiger partial charge in [0.05, 0.1) is 29.6 Å². The fraction of sp³-hybridized carbons (Fsp3) is 0.158. The number of methoxy groups -OCH3 is 1. The molecule has 2 aromatic heterocycles. The number of ether oxygens (including phenoxy) is 2. The third-order valence-corrected chi connectivity index (χ3v) is 4.16. The van der Waals surface area contributed by atoms with Crippen LogP contribution in [0.5, 0.6) is 5.75 Å². The quantitative estimate of drug-likeness (QED) is 0.570. The summed E-state index contributed by atoms with van der Waals surface area (Å²) in [5, 5.41) is 5.86. The highest BCUT2D eigenvalue weighted by atomic mass is 35.5. The van der Waals surface area contributed by atoms with E-state index in [1.54, 1.807) is 24.3 Å². The van der Waals surface area contributed by atoms with E-state index < -0.39 is 35.2 Å². The molecule has 0 saturated heterocycles. The van der Waals surface area contributed by atoms with E-state index in [-0.39, 0.29) is 17.3 Å². The number of alkyl halides is 3. The second-order valence-electron chi connectivity index (χ2n) is 6.00. The van der Waals surface area contributed by atoms with Crippen molar-refractivity contribution in [1.82, 2.24) is 14.8 Å². The average Bonchev–Trinajstić information content (AvgIpc) is 3.18. The number of carbonyl (C=O) groups excluding carboxylic acids is 2. The molecule has 1 aromatic carbocycles. The summed E-state index contributed by atoms with van der Waals surface area (Å²) in [7, 11) is 1.34. The molecule has 0 bridgehead atoms. The first kappa shape index (κ1) is 22.1. The van der Waals surface area contributed by atoms with Crippen LogP contribution in [-0.2, 0) is 15.7 Å². The molecule has 3 rings (SSSR count). The van der Waals surface area contributed by atoms with Crippen LogP contribution in [0.3, 0.4) is 0 Å². The van der Waals surface area contributed by atoms with E-state index in [2.05, 4.69) is 15.4 Å². The van der Waals surface area contributed by atoms with E-state index in [4.69, 9.17) is 21.1 Å². The summed E-state index contributed by atoms with van der Waals surface area (Å²) in [6, 6.07) is 9.52. The van der Waals surface area contributed by atoms with Gasteiger partial charge in [-0.3, -0.25) is 4.79 Å². The van der Waals surface area contributed by atoms with Gasteiger partial charge in [-0.1, -0.05) is 29.8 Å². The summed E-state index contributed by atoms with van der Waals surface area (Å²) in [4.78, 5) is 27.8. The van der Waals surface area contributed by atoms with Crippen molar-refractivity contribution in [1.29, 1.82) is 0 Å². The molecule has 0 spiro atoms. The third-order valence-electron chi connectivity index (χ3n) is 3.88. The summed E-state index contributed by atoms with van der Waals surface area (Å²) in [5.74, 6) is -1.97. The summed E-state index contributed by atoms with van der Waals surface area (Å²) >= 11 is 5.72. The number of hydrogen-bond acceptors (Lipinski definition) is 6. The molecule has 0 radical (unpaired) electrons. The normalized spacial score (nSPS) is 11.1. The van der Waals surface area contributed by atoms with E-state index >= 15 is 0 Å². The number of para-hydroxylation sites is 1. The topological polar surface area (TPSA) is 95.3 Å². The number of benzene rings is 1. The highest BCUT2D eigenvalue weighted by molar-refractivity contribution is 6.33. The standard InChI is InChI=1S/C19H14ClF3N4O4/c1-30-14-9-27(12-5-3-2-4-6-12)26-16(14)18(29)31-10-15(28)25-17-13(20)7-11(8-24-17)19(21,22)23/h2-9H,10H2,1H3,(H,24,25,28). The lowest BCUT2D eigenvalue weighted by Crippen LogP contribution is -2.22. The minimum Gasteiger partial charge on any atom is -0.493 e. The van der Waals surface area contributed by atoms with Crippen molar-refractivity contribution in [2.75, 3.05) is 19.0 Å². The van der Waals surface area contributed by atoms with Gasteiger partial charge in [-0.15, -0.1) is 0 Å². The van der Waals surface area contributed by atoms with Gasteiger partial charge in [0.25, 0.3) is 5.91 Å².